The fraction of sp³-hybridized carbons (Fsp3) is 0.118. The van der Waals surface area contributed by atoms with Crippen LogP contribution < -0.4 is 5.32 Å². The van der Waals surface area contributed by atoms with Gasteiger partial charge in [-0.25, -0.2) is 4.98 Å². The largest absolute Gasteiger partial charge is 0.387 e. The summed E-state index contributed by atoms with van der Waals surface area (Å²) in [5, 5.41) is 26.1. The van der Waals surface area contributed by atoms with Crippen molar-refractivity contribution in [1.82, 2.24) is 4.98 Å². The Hall–Kier alpha value is -2.70. The third-order valence-corrected chi connectivity index (χ3v) is 3.95. The lowest BCUT2D eigenvalue weighted by atomic mass is 10.1. The van der Waals surface area contributed by atoms with E-state index in [-0.39, 0.29) is 12.2 Å². The van der Waals surface area contributed by atoms with Crippen molar-refractivity contribution in [3.05, 3.63) is 75.4 Å². The number of hydrogen-bond donors (Lipinski definition) is 2. The number of nitrogens with one attached hydrogen (secondary N) is 1. The van der Waals surface area contributed by atoms with Gasteiger partial charge in [0.1, 0.15) is 11.0 Å². The quantitative estimate of drug-likeness (QED) is 0.416. The predicted molar refractivity (Wildman–Crippen MR) is 93.3 cm³/mol. The Kier molecular flexibility index (Phi) is 4.59. The number of hydrogen-bond acceptors (Lipinski definition) is 5. The Morgan fingerprint density at radius 3 is 2.62 bits per heavy atom. The topological polar surface area (TPSA) is 88.3 Å². The number of anilines is 1. The lowest BCUT2D eigenvalue weighted by Gasteiger charge is -2.13. The van der Waals surface area contributed by atoms with Crippen molar-refractivity contribution in [2.75, 3.05) is 11.9 Å². The molecule has 0 saturated heterocycles. The molecule has 1 aromatic heterocycles. The predicted octanol–water partition coefficient (Wildman–Crippen LogP) is 3.94. The number of nitro benzene ring substituents is 1. The summed E-state index contributed by atoms with van der Waals surface area (Å²) in [5.74, 6) is 0.555. The molecule has 2 N–H and O–H groups in total. The highest BCUT2D eigenvalue weighted by Gasteiger charge is 2.11. The van der Waals surface area contributed by atoms with Crippen LogP contribution in [0.3, 0.4) is 0 Å². The van der Waals surface area contributed by atoms with E-state index in [2.05, 4.69) is 10.3 Å². The van der Waals surface area contributed by atoms with Gasteiger partial charge in [-0.1, -0.05) is 35.9 Å². The molecule has 122 valence electrons. The average Bonchev–Trinajstić information content (AvgIpc) is 2.60. The molecule has 0 aliphatic heterocycles. The number of non-ortho nitro benzene ring substituents is 1. The fourth-order valence-corrected chi connectivity index (χ4v) is 2.65. The van der Waals surface area contributed by atoms with E-state index in [4.69, 9.17) is 11.6 Å². The Morgan fingerprint density at radius 2 is 1.92 bits per heavy atom. The highest BCUT2D eigenvalue weighted by Crippen LogP contribution is 2.25. The van der Waals surface area contributed by atoms with Gasteiger partial charge in [0.25, 0.3) is 5.69 Å². The number of aliphatic hydroxyl groups excluding tert-OH is 1. The summed E-state index contributed by atoms with van der Waals surface area (Å²) < 4.78 is 0. The lowest BCUT2D eigenvalue weighted by Crippen LogP contribution is -2.13. The summed E-state index contributed by atoms with van der Waals surface area (Å²) in [6.07, 6.45) is -0.821. The summed E-state index contributed by atoms with van der Waals surface area (Å²) >= 11 is 6.16. The maximum Gasteiger partial charge on any atom is 0.269 e. The molecule has 3 aromatic rings. The van der Waals surface area contributed by atoms with Crippen LogP contribution in [0, 0.1) is 10.1 Å². The van der Waals surface area contributed by atoms with Crippen molar-refractivity contribution in [2.45, 2.75) is 6.10 Å². The Morgan fingerprint density at radius 1 is 1.21 bits per heavy atom. The van der Waals surface area contributed by atoms with Gasteiger partial charge in [0.15, 0.2) is 0 Å². The van der Waals surface area contributed by atoms with Crippen molar-refractivity contribution in [1.29, 1.82) is 0 Å². The second kappa shape index (κ2) is 6.82. The Bertz CT molecular complexity index is 884. The van der Waals surface area contributed by atoms with Crippen LogP contribution in [0.25, 0.3) is 10.8 Å². The highest BCUT2D eigenvalue weighted by atomic mass is 35.5. The molecule has 1 unspecified atom stereocenters. The molecule has 0 aliphatic rings. The maximum atomic E-state index is 10.6. The van der Waals surface area contributed by atoms with Gasteiger partial charge in [-0.15, -0.1) is 0 Å². The molecule has 0 saturated carbocycles. The minimum absolute atomic E-state index is 0.0121. The second-order valence-electron chi connectivity index (χ2n) is 5.26. The number of halogens is 1. The maximum absolute atomic E-state index is 10.6. The van der Waals surface area contributed by atoms with E-state index in [1.54, 1.807) is 0 Å². The van der Waals surface area contributed by atoms with E-state index in [1.807, 2.05) is 30.3 Å². The van der Waals surface area contributed by atoms with E-state index >= 15 is 0 Å². The van der Waals surface area contributed by atoms with E-state index in [9.17, 15) is 15.2 Å². The first-order chi connectivity index (χ1) is 11.5. The molecule has 0 bridgehead atoms. The second-order valence-corrected chi connectivity index (χ2v) is 5.62. The molecule has 3 rings (SSSR count). The first-order valence-corrected chi connectivity index (χ1v) is 7.64. The molecule has 0 amide bonds. The zero-order chi connectivity index (χ0) is 17.1. The monoisotopic (exact) mass is 343 g/mol. The SMILES string of the molecule is O=[N+]([O-])c1ccc(C(O)CNc2cc3ccccc3c(Cl)n2)cc1. The Labute approximate surface area is 142 Å². The van der Waals surface area contributed by atoms with E-state index in [1.165, 1.54) is 24.3 Å². The number of aliphatic hydroxyl groups is 1. The third-order valence-electron chi connectivity index (χ3n) is 3.66. The summed E-state index contributed by atoms with van der Waals surface area (Å²) in [5.41, 5.74) is 0.571. The molecular formula is C17H14ClN3O3. The first kappa shape index (κ1) is 16.2. The van der Waals surface area contributed by atoms with Crippen molar-refractivity contribution in [2.24, 2.45) is 0 Å². The average molecular weight is 344 g/mol. The molecule has 0 radical (unpaired) electrons. The van der Waals surface area contributed by atoms with Gasteiger partial charge in [-0.05, 0) is 29.1 Å². The van der Waals surface area contributed by atoms with Crippen LogP contribution in [0.2, 0.25) is 5.15 Å². The smallest absolute Gasteiger partial charge is 0.269 e. The van der Waals surface area contributed by atoms with Gasteiger partial charge in [-0.3, -0.25) is 10.1 Å². The van der Waals surface area contributed by atoms with Gasteiger partial charge < -0.3 is 10.4 Å². The number of pyridine rings is 1. The molecule has 24 heavy (non-hydrogen) atoms. The van der Waals surface area contributed by atoms with Gasteiger partial charge >= 0.3 is 0 Å². The molecule has 6 nitrogen and oxygen atoms in total. The fourth-order valence-electron chi connectivity index (χ4n) is 2.38. The number of nitro groups is 1. The van der Waals surface area contributed by atoms with Crippen molar-refractivity contribution < 1.29 is 10.0 Å². The van der Waals surface area contributed by atoms with E-state index in [0.717, 1.165) is 10.8 Å². The summed E-state index contributed by atoms with van der Waals surface area (Å²) in [6.45, 7) is 0.208. The van der Waals surface area contributed by atoms with Gasteiger partial charge in [-0.2, -0.15) is 0 Å². The molecule has 7 heteroatoms. The zero-order valence-corrected chi connectivity index (χ0v) is 13.3. The standard InChI is InChI=1S/C17H14ClN3O3/c18-17-14-4-2-1-3-12(14)9-16(20-17)19-10-15(22)11-5-7-13(8-6-11)21(23)24/h1-9,15,22H,10H2,(H,19,20). The molecular weight excluding hydrogens is 330 g/mol. The van der Waals surface area contributed by atoms with Crippen LogP contribution in [0.4, 0.5) is 11.5 Å². The van der Waals surface area contributed by atoms with Gasteiger partial charge in [0, 0.05) is 24.1 Å². The molecule has 1 atom stereocenters. The number of aromatic nitrogens is 1. The Balaban J connectivity index is 1.72. The summed E-state index contributed by atoms with van der Waals surface area (Å²) in [4.78, 5) is 14.4. The van der Waals surface area contributed by atoms with Crippen LogP contribution >= 0.6 is 11.6 Å². The summed E-state index contributed by atoms with van der Waals surface area (Å²) in [7, 11) is 0. The number of nitrogens with zero attached hydrogens (tertiary/aromatic N) is 2. The van der Waals surface area contributed by atoms with Crippen molar-refractivity contribution >= 4 is 33.9 Å². The van der Waals surface area contributed by atoms with Crippen molar-refractivity contribution in [3.8, 4) is 0 Å². The van der Waals surface area contributed by atoms with Crippen LogP contribution in [0.15, 0.2) is 54.6 Å². The van der Waals surface area contributed by atoms with Gasteiger partial charge in [0.05, 0.1) is 11.0 Å². The van der Waals surface area contributed by atoms with E-state index in [0.29, 0.717) is 16.5 Å². The summed E-state index contributed by atoms with van der Waals surface area (Å²) in [6, 6.07) is 15.3. The van der Waals surface area contributed by atoms with Crippen LogP contribution in [-0.2, 0) is 0 Å². The third kappa shape index (κ3) is 3.45. The molecule has 0 aliphatic carbocycles. The molecule has 1 heterocycles. The zero-order valence-electron chi connectivity index (χ0n) is 12.5. The van der Waals surface area contributed by atoms with Crippen LogP contribution in [0.5, 0.6) is 0 Å². The van der Waals surface area contributed by atoms with Gasteiger partial charge in [0.2, 0.25) is 0 Å². The minimum Gasteiger partial charge on any atom is -0.387 e. The highest BCUT2D eigenvalue weighted by molar-refractivity contribution is 6.34. The van der Waals surface area contributed by atoms with Crippen LogP contribution in [0.1, 0.15) is 11.7 Å². The molecule has 0 spiro atoms. The molecule has 0 fully saturated rings. The minimum atomic E-state index is -0.821. The van der Waals surface area contributed by atoms with Crippen molar-refractivity contribution in [3.63, 3.8) is 0 Å². The van der Waals surface area contributed by atoms with E-state index < -0.39 is 11.0 Å². The normalized spacial score (nSPS) is 12.1. The lowest BCUT2D eigenvalue weighted by molar-refractivity contribution is -0.384. The van der Waals surface area contributed by atoms with Crippen LogP contribution in [-0.4, -0.2) is 21.6 Å². The first-order valence-electron chi connectivity index (χ1n) is 7.26. The molecule has 2 aromatic carbocycles. The number of benzene rings is 2. The number of rotatable bonds is 5. The number of fused-ring (bicyclic) bond motifs is 1.